The minimum atomic E-state index is -4.77. The fraction of sp³-hybridized carbons (Fsp3) is 0.176. The summed E-state index contributed by atoms with van der Waals surface area (Å²) >= 11 is 6.05. The molecule has 0 saturated heterocycles. The lowest BCUT2D eigenvalue weighted by molar-refractivity contribution is -0.137. The van der Waals surface area contributed by atoms with E-state index in [1.165, 1.54) is 6.07 Å². The van der Waals surface area contributed by atoms with Crippen LogP contribution in [0.4, 0.5) is 17.6 Å². The van der Waals surface area contributed by atoms with Gasteiger partial charge >= 0.3 is 6.18 Å². The Morgan fingerprint density at radius 2 is 1.92 bits per heavy atom. The highest BCUT2D eigenvalue weighted by molar-refractivity contribution is 6.35. The first-order valence-electron chi connectivity index (χ1n) is 7.50. The zero-order valence-corrected chi connectivity index (χ0v) is 13.9. The summed E-state index contributed by atoms with van der Waals surface area (Å²) in [6.45, 7) is 0.0972. The van der Waals surface area contributed by atoms with Crippen LogP contribution in [0.2, 0.25) is 5.02 Å². The Bertz CT molecular complexity index is 1050. The van der Waals surface area contributed by atoms with Gasteiger partial charge in [-0.05, 0) is 36.9 Å². The highest BCUT2D eigenvalue weighted by Gasteiger charge is 2.32. The SMILES string of the molecule is NCCc1nc2cccc(Cl)c2c(=O)n1-c1cc(F)cc(C(F)(F)F)c1. The number of aromatic nitrogens is 2. The molecular formula is C17H12ClF4N3O. The van der Waals surface area contributed by atoms with E-state index >= 15 is 0 Å². The van der Waals surface area contributed by atoms with E-state index in [1.54, 1.807) is 12.1 Å². The second-order valence-electron chi connectivity index (χ2n) is 5.54. The van der Waals surface area contributed by atoms with Crippen molar-refractivity contribution in [1.82, 2.24) is 9.55 Å². The lowest BCUT2D eigenvalue weighted by Gasteiger charge is -2.15. The standard InChI is InChI=1S/C17H12ClF4N3O/c18-12-2-1-3-13-15(12)16(26)25(14(24-13)4-5-23)11-7-9(17(20,21)22)6-10(19)8-11/h1-3,6-8H,4-5,23H2. The van der Waals surface area contributed by atoms with Crippen LogP contribution >= 0.6 is 11.6 Å². The molecule has 0 saturated carbocycles. The summed E-state index contributed by atoms with van der Waals surface area (Å²) in [6.07, 6.45) is -4.66. The first kappa shape index (κ1) is 18.3. The number of nitrogens with two attached hydrogens (primary N) is 1. The second-order valence-corrected chi connectivity index (χ2v) is 5.94. The Morgan fingerprint density at radius 3 is 2.58 bits per heavy atom. The van der Waals surface area contributed by atoms with Crippen LogP contribution < -0.4 is 11.3 Å². The third-order valence-electron chi connectivity index (χ3n) is 3.75. The topological polar surface area (TPSA) is 60.9 Å². The number of nitrogens with zero attached hydrogens (tertiary/aromatic N) is 2. The summed E-state index contributed by atoms with van der Waals surface area (Å²) in [5, 5.41) is 0.133. The van der Waals surface area contributed by atoms with Crippen molar-refractivity contribution in [3.05, 3.63) is 69.0 Å². The number of rotatable bonds is 3. The Kier molecular flexibility index (Phi) is 4.72. The third-order valence-corrected chi connectivity index (χ3v) is 4.07. The lowest BCUT2D eigenvalue weighted by Crippen LogP contribution is -2.26. The fourth-order valence-electron chi connectivity index (χ4n) is 2.67. The molecule has 136 valence electrons. The summed E-state index contributed by atoms with van der Waals surface area (Å²) in [6, 6.07) is 6.50. The molecule has 0 aliphatic carbocycles. The zero-order valence-electron chi connectivity index (χ0n) is 13.1. The Hall–Kier alpha value is -2.45. The van der Waals surface area contributed by atoms with Gasteiger partial charge in [-0.25, -0.2) is 9.37 Å². The maximum Gasteiger partial charge on any atom is 0.416 e. The number of benzene rings is 2. The largest absolute Gasteiger partial charge is 0.416 e. The van der Waals surface area contributed by atoms with Gasteiger partial charge in [0, 0.05) is 6.42 Å². The molecule has 2 aromatic carbocycles. The van der Waals surface area contributed by atoms with E-state index in [4.69, 9.17) is 17.3 Å². The van der Waals surface area contributed by atoms with Crippen molar-refractivity contribution in [2.75, 3.05) is 6.54 Å². The molecule has 1 heterocycles. The zero-order chi connectivity index (χ0) is 19.1. The molecule has 2 N–H and O–H groups in total. The van der Waals surface area contributed by atoms with Gasteiger partial charge in [-0.2, -0.15) is 13.2 Å². The van der Waals surface area contributed by atoms with Gasteiger partial charge in [0.05, 0.1) is 27.2 Å². The molecule has 3 aromatic rings. The van der Waals surface area contributed by atoms with E-state index in [9.17, 15) is 22.4 Å². The normalized spacial score (nSPS) is 11.9. The van der Waals surface area contributed by atoms with Crippen LogP contribution in [0.3, 0.4) is 0 Å². The maximum atomic E-state index is 13.8. The predicted octanol–water partition coefficient (Wildman–Crippen LogP) is 3.70. The average molecular weight is 386 g/mol. The molecule has 0 fully saturated rings. The van der Waals surface area contributed by atoms with Gasteiger partial charge in [-0.3, -0.25) is 9.36 Å². The molecule has 0 bridgehead atoms. The maximum absolute atomic E-state index is 13.8. The minimum Gasteiger partial charge on any atom is -0.330 e. The molecule has 26 heavy (non-hydrogen) atoms. The van der Waals surface area contributed by atoms with Crippen molar-refractivity contribution >= 4 is 22.5 Å². The molecule has 4 nitrogen and oxygen atoms in total. The average Bonchev–Trinajstić information content (AvgIpc) is 2.53. The summed E-state index contributed by atoms with van der Waals surface area (Å²) < 4.78 is 53.8. The molecule has 3 rings (SSSR count). The van der Waals surface area contributed by atoms with E-state index in [1.807, 2.05) is 0 Å². The monoisotopic (exact) mass is 385 g/mol. The van der Waals surface area contributed by atoms with E-state index in [2.05, 4.69) is 4.98 Å². The van der Waals surface area contributed by atoms with Crippen LogP contribution in [0.25, 0.3) is 16.6 Å². The highest BCUT2D eigenvalue weighted by Crippen LogP contribution is 2.31. The Labute approximate surface area is 149 Å². The summed E-state index contributed by atoms with van der Waals surface area (Å²) in [5.41, 5.74) is 3.62. The minimum absolute atomic E-state index is 0.0350. The Balaban J connectivity index is 2.39. The van der Waals surface area contributed by atoms with Crippen molar-refractivity contribution in [3.63, 3.8) is 0 Å². The van der Waals surface area contributed by atoms with Gasteiger partial charge in [0.1, 0.15) is 11.6 Å². The highest BCUT2D eigenvalue weighted by atomic mass is 35.5. The fourth-order valence-corrected chi connectivity index (χ4v) is 2.92. The van der Waals surface area contributed by atoms with Crippen LogP contribution in [-0.2, 0) is 12.6 Å². The first-order valence-corrected chi connectivity index (χ1v) is 7.88. The van der Waals surface area contributed by atoms with Crippen molar-refractivity contribution in [3.8, 4) is 5.69 Å². The van der Waals surface area contributed by atoms with Crippen LogP contribution in [0.1, 0.15) is 11.4 Å². The number of halogens is 5. The molecule has 0 unspecified atom stereocenters. The molecule has 0 aliphatic rings. The lowest BCUT2D eigenvalue weighted by atomic mass is 10.1. The van der Waals surface area contributed by atoms with Crippen molar-refractivity contribution in [2.24, 2.45) is 5.73 Å². The van der Waals surface area contributed by atoms with Crippen LogP contribution in [-0.4, -0.2) is 16.1 Å². The molecule has 0 amide bonds. The smallest absolute Gasteiger partial charge is 0.330 e. The summed E-state index contributed by atoms with van der Waals surface area (Å²) in [5.74, 6) is -1.01. The molecule has 9 heteroatoms. The Morgan fingerprint density at radius 1 is 1.19 bits per heavy atom. The van der Waals surface area contributed by atoms with Crippen molar-refractivity contribution < 1.29 is 17.6 Å². The number of fused-ring (bicyclic) bond motifs is 1. The summed E-state index contributed by atoms with van der Waals surface area (Å²) in [4.78, 5) is 17.2. The molecule has 0 radical (unpaired) electrons. The van der Waals surface area contributed by atoms with Crippen LogP contribution in [0, 0.1) is 5.82 Å². The van der Waals surface area contributed by atoms with Crippen LogP contribution in [0.15, 0.2) is 41.2 Å². The number of alkyl halides is 3. The van der Waals surface area contributed by atoms with Gasteiger partial charge in [-0.1, -0.05) is 17.7 Å². The van der Waals surface area contributed by atoms with Crippen molar-refractivity contribution in [1.29, 1.82) is 0 Å². The third kappa shape index (κ3) is 3.30. The van der Waals surface area contributed by atoms with E-state index < -0.39 is 23.1 Å². The summed E-state index contributed by atoms with van der Waals surface area (Å²) in [7, 11) is 0. The molecule has 0 aliphatic heterocycles. The van der Waals surface area contributed by atoms with Gasteiger partial charge < -0.3 is 5.73 Å². The van der Waals surface area contributed by atoms with E-state index in [0.29, 0.717) is 12.1 Å². The van der Waals surface area contributed by atoms with Gasteiger partial charge in [0.25, 0.3) is 5.56 Å². The predicted molar refractivity (Wildman–Crippen MR) is 90.1 cm³/mol. The van der Waals surface area contributed by atoms with Gasteiger partial charge in [0.2, 0.25) is 0 Å². The van der Waals surface area contributed by atoms with Crippen LogP contribution in [0.5, 0.6) is 0 Å². The number of hydrogen-bond donors (Lipinski definition) is 1. The quantitative estimate of drug-likeness (QED) is 0.699. The first-order chi connectivity index (χ1) is 12.2. The molecular weight excluding hydrogens is 374 g/mol. The molecule has 0 atom stereocenters. The second kappa shape index (κ2) is 6.69. The molecule has 0 spiro atoms. The van der Waals surface area contributed by atoms with Crippen molar-refractivity contribution in [2.45, 2.75) is 12.6 Å². The van der Waals surface area contributed by atoms with Gasteiger partial charge in [0.15, 0.2) is 0 Å². The van der Waals surface area contributed by atoms with E-state index in [-0.39, 0.29) is 40.4 Å². The number of hydrogen-bond acceptors (Lipinski definition) is 3. The molecule has 1 aromatic heterocycles. The van der Waals surface area contributed by atoms with Gasteiger partial charge in [-0.15, -0.1) is 0 Å². The van der Waals surface area contributed by atoms with E-state index in [0.717, 1.165) is 10.6 Å².